The molecule has 2 atom stereocenters. The summed E-state index contributed by atoms with van der Waals surface area (Å²) in [4.78, 5) is 0. The van der Waals surface area contributed by atoms with Gasteiger partial charge in [0, 0.05) is 0 Å². The van der Waals surface area contributed by atoms with E-state index in [4.69, 9.17) is 0 Å². The van der Waals surface area contributed by atoms with Crippen LogP contribution in [-0.2, 0) is 0 Å². The van der Waals surface area contributed by atoms with Crippen LogP contribution < -0.4 is 0 Å². The van der Waals surface area contributed by atoms with E-state index < -0.39 is 0 Å². The van der Waals surface area contributed by atoms with Crippen molar-refractivity contribution in [3.63, 3.8) is 0 Å². The number of hydrogen-bond acceptors (Lipinski definition) is 0. The monoisotopic (exact) mass is 122 g/mol. The fourth-order valence-electron chi connectivity index (χ4n) is 1.95. The lowest BCUT2D eigenvalue weighted by atomic mass is 9.71. The van der Waals surface area contributed by atoms with Crippen LogP contribution in [0.25, 0.3) is 0 Å². The highest BCUT2D eigenvalue weighted by Crippen LogP contribution is 2.50. The molecule has 0 aromatic carbocycles. The van der Waals surface area contributed by atoms with Gasteiger partial charge in [-0.25, -0.2) is 0 Å². The molecule has 2 unspecified atom stereocenters. The molecule has 9 heavy (non-hydrogen) atoms. The molecule has 50 valence electrons. The Hall–Kier alpha value is -0.260. The molecule has 0 spiro atoms. The van der Waals surface area contributed by atoms with Crippen molar-refractivity contribution in [2.24, 2.45) is 17.8 Å². The lowest BCUT2D eigenvalue weighted by Crippen LogP contribution is -2.25. The Kier molecular flexibility index (Phi) is 1.14. The molecule has 2 aliphatic carbocycles. The molecular formula is C9H14. The second-order valence-electron chi connectivity index (χ2n) is 3.48. The molecule has 0 aromatic heterocycles. The maximum atomic E-state index is 3.84. The first kappa shape index (κ1) is 5.52. The Morgan fingerprint density at radius 1 is 1.11 bits per heavy atom. The topological polar surface area (TPSA) is 0 Å². The maximum absolute atomic E-state index is 3.84. The molecule has 0 aromatic rings. The molecule has 2 saturated carbocycles. The molecule has 0 N–H and O–H groups in total. The fourth-order valence-corrected chi connectivity index (χ4v) is 1.95. The van der Waals surface area contributed by atoms with E-state index in [-0.39, 0.29) is 0 Å². The third-order valence-electron chi connectivity index (χ3n) is 2.91. The number of hydrogen-bond donors (Lipinski definition) is 0. The first-order valence-corrected chi connectivity index (χ1v) is 4.04. The lowest BCUT2D eigenvalue weighted by molar-refractivity contribution is 0.197. The molecular weight excluding hydrogens is 108 g/mol. The Morgan fingerprint density at radius 3 is 2.22 bits per heavy atom. The maximum Gasteiger partial charge on any atom is -0.0205 e. The Morgan fingerprint density at radius 2 is 1.89 bits per heavy atom. The van der Waals surface area contributed by atoms with Gasteiger partial charge in [0.2, 0.25) is 0 Å². The quantitative estimate of drug-likeness (QED) is 0.494. The average molecular weight is 122 g/mol. The summed E-state index contributed by atoms with van der Waals surface area (Å²) in [5.74, 6) is 3.07. The van der Waals surface area contributed by atoms with E-state index in [1.165, 1.54) is 25.7 Å². The van der Waals surface area contributed by atoms with Crippen LogP contribution in [0.5, 0.6) is 0 Å². The standard InChI is InChI=1S/C9H14/c1-2-7-5-6-9(7)8-3-4-8/h2,7-9H,1,3-6H2. The molecule has 0 radical (unpaired) electrons. The van der Waals surface area contributed by atoms with Crippen LogP contribution >= 0.6 is 0 Å². The zero-order valence-corrected chi connectivity index (χ0v) is 5.84. The summed E-state index contributed by atoms with van der Waals surface area (Å²) in [6.45, 7) is 3.84. The van der Waals surface area contributed by atoms with Crippen molar-refractivity contribution in [1.29, 1.82) is 0 Å². The number of rotatable bonds is 2. The van der Waals surface area contributed by atoms with Gasteiger partial charge in [-0.2, -0.15) is 0 Å². The van der Waals surface area contributed by atoms with Gasteiger partial charge in [-0.05, 0) is 43.4 Å². The zero-order valence-electron chi connectivity index (χ0n) is 5.84. The highest BCUT2D eigenvalue weighted by atomic mass is 14.4. The lowest BCUT2D eigenvalue weighted by Gasteiger charge is -2.34. The van der Waals surface area contributed by atoms with Gasteiger partial charge in [0.05, 0.1) is 0 Å². The van der Waals surface area contributed by atoms with E-state index in [1.54, 1.807) is 0 Å². The third kappa shape index (κ3) is 0.810. The molecule has 2 fully saturated rings. The van der Waals surface area contributed by atoms with Crippen molar-refractivity contribution in [2.75, 3.05) is 0 Å². The van der Waals surface area contributed by atoms with Crippen molar-refractivity contribution in [3.8, 4) is 0 Å². The van der Waals surface area contributed by atoms with Gasteiger partial charge in [0.15, 0.2) is 0 Å². The Bertz CT molecular complexity index is 122. The molecule has 0 aliphatic heterocycles. The zero-order chi connectivity index (χ0) is 6.27. The average Bonchev–Trinajstić information content (AvgIpc) is 2.48. The van der Waals surface area contributed by atoms with E-state index in [0.717, 1.165) is 17.8 Å². The smallest absolute Gasteiger partial charge is 0.0205 e. The summed E-state index contributed by atoms with van der Waals surface area (Å²) < 4.78 is 0. The van der Waals surface area contributed by atoms with Gasteiger partial charge in [-0.15, -0.1) is 6.58 Å². The highest BCUT2D eigenvalue weighted by Gasteiger charge is 2.40. The van der Waals surface area contributed by atoms with Crippen molar-refractivity contribution < 1.29 is 0 Å². The molecule has 2 rings (SSSR count). The van der Waals surface area contributed by atoms with Crippen molar-refractivity contribution in [3.05, 3.63) is 12.7 Å². The normalized spacial score (nSPS) is 41.8. The summed E-state index contributed by atoms with van der Waals surface area (Å²) in [7, 11) is 0. The SMILES string of the molecule is C=CC1CCC1C1CC1. The summed E-state index contributed by atoms with van der Waals surface area (Å²) in [6.07, 6.45) is 8.09. The summed E-state index contributed by atoms with van der Waals surface area (Å²) in [5, 5.41) is 0. The Labute approximate surface area is 57.0 Å². The van der Waals surface area contributed by atoms with E-state index in [1.807, 2.05) is 0 Å². The van der Waals surface area contributed by atoms with Crippen molar-refractivity contribution >= 4 is 0 Å². The first-order chi connectivity index (χ1) is 4.42. The second-order valence-corrected chi connectivity index (χ2v) is 3.48. The molecule has 0 bridgehead atoms. The molecule has 0 heteroatoms. The highest BCUT2D eigenvalue weighted by molar-refractivity contribution is 4.98. The van der Waals surface area contributed by atoms with Crippen molar-refractivity contribution in [2.45, 2.75) is 25.7 Å². The van der Waals surface area contributed by atoms with Gasteiger partial charge >= 0.3 is 0 Å². The van der Waals surface area contributed by atoms with E-state index >= 15 is 0 Å². The predicted molar refractivity (Wildman–Crippen MR) is 39.1 cm³/mol. The van der Waals surface area contributed by atoms with Crippen LogP contribution in [0, 0.1) is 17.8 Å². The van der Waals surface area contributed by atoms with E-state index in [0.29, 0.717) is 0 Å². The van der Waals surface area contributed by atoms with Gasteiger partial charge < -0.3 is 0 Å². The van der Waals surface area contributed by atoms with Crippen LogP contribution in [0.1, 0.15) is 25.7 Å². The second kappa shape index (κ2) is 1.86. The predicted octanol–water partition coefficient (Wildman–Crippen LogP) is 2.61. The largest absolute Gasteiger partial charge is 0.103 e. The molecule has 0 amide bonds. The van der Waals surface area contributed by atoms with Crippen molar-refractivity contribution in [1.82, 2.24) is 0 Å². The molecule has 0 heterocycles. The first-order valence-electron chi connectivity index (χ1n) is 4.04. The molecule has 0 nitrogen and oxygen atoms in total. The Balaban J connectivity index is 1.90. The number of allylic oxidation sites excluding steroid dienone is 1. The van der Waals surface area contributed by atoms with Crippen LogP contribution in [0.3, 0.4) is 0 Å². The molecule has 2 aliphatic rings. The van der Waals surface area contributed by atoms with E-state index in [2.05, 4.69) is 12.7 Å². The van der Waals surface area contributed by atoms with Crippen LogP contribution in [-0.4, -0.2) is 0 Å². The van der Waals surface area contributed by atoms with Gasteiger partial charge in [-0.1, -0.05) is 6.08 Å². The van der Waals surface area contributed by atoms with Gasteiger partial charge in [0.1, 0.15) is 0 Å². The van der Waals surface area contributed by atoms with Crippen LogP contribution in [0.4, 0.5) is 0 Å². The third-order valence-corrected chi connectivity index (χ3v) is 2.91. The fraction of sp³-hybridized carbons (Fsp3) is 0.778. The van der Waals surface area contributed by atoms with E-state index in [9.17, 15) is 0 Å². The van der Waals surface area contributed by atoms with Crippen LogP contribution in [0.15, 0.2) is 12.7 Å². The van der Waals surface area contributed by atoms with Crippen LogP contribution in [0.2, 0.25) is 0 Å². The van der Waals surface area contributed by atoms with Gasteiger partial charge in [0.25, 0.3) is 0 Å². The summed E-state index contributed by atoms with van der Waals surface area (Å²) in [6, 6.07) is 0. The summed E-state index contributed by atoms with van der Waals surface area (Å²) in [5.41, 5.74) is 0. The minimum absolute atomic E-state index is 0.900. The molecule has 0 saturated heterocycles. The minimum atomic E-state index is 0.900. The van der Waals surface area contributed by atoms with Gasteiger partial charge in [-0.3, -0.25) is 0 Å². The summed E-state index contributed by atoms with van der Waals surface area (Å²) >= 11 is 0. The minimum Gasteiger partial charge on any atom is -0.103 e.